The van der Waals surface area contributed by atoms with Gasteiger partial charge in [0.25, 0.3) is 5.56 Å². The summed E-state index contributed by atoms with van der Waals surface area (Å²) in [7, 11) is 0. The van der Waals surface area contributed by atoms with Gasteiger partial charge in [0, 0.05) is 22.6 Å². The topological polar surface area (TPSA) is 57.8 Å². The largest absolute Gasteiger partial charge is 0.326 e. The van der Waals surface area contributed by atoms with Crippen molar-refractivity contribution in [3.63, 3.8) is 0 Å². The molecule has 1 heterocycles. The number of H-pyrrole nitrogens is 1. The molecule has 0 aliphatic rings. The van der Waals surface area contributed by atoms with Gasteiger partial charge < -0.3 is 5.32 Å². The van der Waals surface area contributed by atoms with E-state index in [1.807, 2.05) is 67.8 Å². The lowest BCUT2D eigenvalue weighted by Crippen LogP contribution is -2.18. The second-order valence-electron chi connectivity index (χ2n) is 5.50. The summed E-state index contributed by atoms with van der Waals surface area (Å²) < 4.78 is 0. The molecule has 0 aliphatic heterocycles. The second kappa shape index (κ2) is 7.36. The first-order valence-electron chi connectivity index (χ1n) is 7.70. The Morgan fingerprint density at radius 3 is 2.62 bits per heavy atom. The standard InChI is InChI=1S/C19H19N3OS/c1-13-17(11-14-7-4-3-5-8-14)18(23)22-19(20-13)21-15-9-6-10-16(12-15)24-2/h3-10,12H,11H2,1-2H3,(H2,20,21,22,23). The van der Waals surface area contributed by atoms with Crippen LogP contribution >= 0.6 is 11.8 Å². The normalized spacial score (nSPS) is 10.6. The Balaban J connectivity index is 1.85. The average molecular weight is 337 g/mol. The van der Waals surface area contributed by atoms with Crippen LogP contribution in [0.25, 0.3) is 0 Å². The summed E-state index contributed by atoms with van der Waals surface area (Å²) in [5.41, 5.74) is 3.34. The van der Waals surface area contributed by atoms with Crippen LogP contribution in [0.3, 0.4) is 0 Å². The molecule has 0 fully saturated rings. The highest BCUT2D eigenvalue weighted by Gasteiger charge is 2.09. The number of anilines is 2. The third-order valence-electron chi connectivity index (χ3n) is 3.78. The van der Waals surface area contributed by atoms with E-state index >= 15 is 0 Å². The van der Waals surface area contributed by atoms with Gasteiger partial charge in [-0.2, -0.15) is 0 Å². The molecule has 0 spiro atoms. The molecule has 122 valence electrons. The summed E-state index contributed by atoms with van der Waals surface area (Å²) in [5.74, 6) is 0.465. The van der Waals surface area contributed by atoms with Gasteiger partial charge in [-0.1, -0.05) is 36.4 Å². The van der Waals surface area contributed by atoms with Gasteiger partial charge in [-0.25, -0.2) is 4.98 Å². The molecule has 1 aromatic heterocycles. The van der Waals surface area contributed by atoms with Crippen molar-refractivity contribution in [3.8, 4) is 0 Å². The van der Waals surface area contributed by atoms with Crippen LogP contribution in [0.5, 0.6) is 0 Å². The molecule has 4 nitrogen and oxygen atoms in total. The molecule has 0 saturated heterocycles. The van der Waals surface area contributed by atoms with E-state index < -0.39 is 0 Å². The molecular formula is C19H19N3OS. The maximum absolute atomic E-state index is 12.4. The summed E-state index contributed by atoms with van der Waals surface area (Å²) >= 11 is 1.67. The van der Waals surface area contributed by atoms with E-state index in [0.717, 1.165) is 21.8 Å². The zero-order valence-electron chi connectivity index (χ0n) is 13.7. The SMILES string of the molecule is CSc1cccc(Nc2nc(C)c(Cc3ccccc3)c(=O)[nH]2)c1. The number of aromatic amines is 1. The van der Waals surface area contributed by atoms with Crippen molar-refractivity contribution >= 4 is 23.4 Å². The van der Waals surface area contributed by atoms with Crippen molar-refractivity contribution in [2.75, 3.05) is 11.6 Å². The molecule has 0 unspecified atom stereocenters. The minimum Gasteiger partial charge on any atom is -0.326 e. The summed E-state index contributed by atoms with van der Waals surface area (Å²) in [4.78, 5) is 20.9. The highest BCUT2D eigenvalue weighted by atomic mass is 32.2. The second-order valence-corrected chi connectivity index (χ2v) is 6.38. The predicted molar refractivity (Wildman–Crippen MR) is 100 cm³/mol. The fourth-order valence-corrected chi connectivity index (χ4v) is 2.97. The van der Waals surface area contributed by atoms with Gasteiger partial charge in [0.15, 0.2) is 0 Å². The zero-order chi connectivity index (χ0) is 16.9. The molecule has 0 bridgehead atoms. The van der Waals surface area contributed by atoms with Crippen molar-refractivity contribution in [1.82, 2.24) is 9.97 Å². The molecule has 24 heavy (non-hydrogen) atoms. The first-order valence-corrected chi connectivity index (χ1v) is 8.93. The molecule has 0 aliphatic carbocycles. The molecule has 2 N–H and O–H groups in total. The molecule has 0 radical (unpaired) electrons. The lowest BCUT2D eigenvalue weighted by molar-refractivity contribution is 0.985. The van der Waals surface area contributed by atoms with Gasteiger partial charge in [-0.15, -0.1) is 11.8 Å². The molecule has 3 rings (SSSR count). The van der Waals surface area contributed by atoms with Crippen molar-refractivity contribution in [2.45, 2.75) is 18.2 Å². The molecule has 0 amide bonds. The van der Waals surface area contributed by atoms with Crippen LogP contribution < -0.4 is 10.9 Å². The number of aryl methyl sites for hydroxylation is 1. The third-order valence-corrected chi connectivity index (χ3v) is 4.50. The molecule has 0 atom stereocenters. The highest BCUT2D eigenvalue weighted by molar-refractivity contribution is 7.98. The molecule has 0 saturated carbocycles. The summed E-state index contributed by atoms with van der Waals surface area (Å²) in [6.07, 6.45) is 2.61. The van der Waals surface area contributed by atoms with Crippen LogP contribution in [0.2, 0.25) is 0 Å². The lowest BCUT2D eigenvalue weighted by Gasteiger charge is -2.10. The van der Waals surface area contributed by atoms with Gasteiger partial charge in [0.05, 0.1) is 5.69 Å². The minimum absolute atomic E-state index is 0.102. The summed E-state index contributed by atoms with van der Waals surface area (Å²) in [5, 5.41) is 3.17. The van der Waals surface area contributed by atoms with Crippen molar-refractivity contribution in [2.24, 2.45) is 0 Å². The van der Waals surface area contributed by atoms with Crippen molar-refractivity contribution in [1.29, 1.82) is 0 Å². The first-order chi connectivity index (χ1) is 11.7. The van der Waals surface area contributed by atoms with Gasteiger partial charge in [-0.05, 0) is 36.9 Å². The van der Waals surface area contributed by atoms with Crippen LogP contribution in [0, 0.1) is 6.92 Å². The Kier molecular flexibility index (Phi) is 5.01. The van der Waals surface area contributed by atoms with Gasteiger partial charge in [0.2, 0.25) is 5.95 Å². The number of aromatic nitrogens is 2. The van der Waals surface area contributed by atoms with Crippen LogP contribution in [0.1, 0.15) is 16.8 Å². The number of benzene rings is 2. The number of nitrogens with zero attached hydrogens (tertiary/aromatic N) is 1. The molecule has 3 aromatic rings. The van der Waals surface area contributed by atoms with E-state index in [0.29, 0.717) is 17.9 Å². The number of thioether (sulfide) groups is 1. The summed E-state index contributed by atoms with van der Waals surface area (Å²) in [6, 6.07) is 17.9. The number of hydrogen-bond donors (Lipinski definition) is 2. The smallest absolute Gasteiger partial charge is 0.256 e. The van der Waals surface area contributed by atoms with E-state index in [9.17, 15) is 4.79 Å². The van der Waals surface area contributed by atoms with Crippen LogP contribution in [0.15, 0.2) is 64.3 Å². The average Bonchev–Trinajstić information content (AvgIpc) is 2.59. The summed E-state index contributed by atoms with van der Waals surface area (Å²) in [6.45, 7) is 1.87. The highest BCUT2D eigenvalue weighted by Crippen LogP contribution is 2.21. The Morgan fingerprint density at radius 1 is 1.12 bits per heavy atom. The van der Waals surface area contributed by atoms with E-state index in [4.69, 9.17) is 0 Å². The van der Waals surface area contributed by atoms with E-state index in [2.05, 4.69) is 15.3 Å². The van der Waals surface area contributed by atoms with Gasteiger partial charge in [0.1, 0.15) is 0 Å². The number of rotatable bonds is 5. The fraction of sp³-hybridized carbons (Fsp3) is 0.158. The third kappa shape index (κ3) is 3.86. The maximum atomic E-state index is 12.4. The maximum Gasteiger partial charge on any atom is 0.256 e. The Labute approximate surface area is 145 Å². The van der Waals surface area contributed by atoms with E-state index in [-0.39, 0.29) is 5.56 Å². The molecule has 2 aromatic carbocycles. The van der Waals surface area contributed by atoms with Gasteiger partial charge in [-0.3, -0.25) is 9.78 Å². The van der Waals surface area contributed by atoms with Crippen molar-refractivity contribution in [3.05, 3.63) is 81.8 Å². The Hall–Kier alpha value is -2.53. The lowest BCUT2D eigenvalue weighted by atomic mass is 10.1. The minimum atomic E-state index is -0.102. The molecular weight excluding hydrogens is 318 g/mol. The van der Waals surface area contributed by atoms with Crippen LogP contribution in [-0.4, -0.2) is 16.2 Å². The number of nitrogens with one attached hydrogen (secondary N) is 2. The van der Waals surface area contributed by atoms with Crippen molar-refractivity contribution < 1.29 is 0 Å². The Morgan fingerprint density at radius 2 is 1.92 bits per heavy atom. The fourth-order valence-electron chi connectivity index (χ4n) is 2.52. The molecule has 5 heteroatoms. The van der Waals surface area contributed by atoms with E-state index in [1.54, 1.807) is 11.8 Å². The van der Waals surface area contributed by atoms with E-state index in [1.165, 1.54) is 0 Å². The Bertz CT molecular complexity index is 891. The first kappa shape index (κ1) is 16.3. The van der Waals surface area contributed by atoms with Crippen LogP contribution in [0.4, 0.5) is 11.6 Å². The zero-order valence-corrected chi connectivity index (χ0v) is 14.5. The quantitative estimate of drug-likeness (QED) is 0.687. The van der Waals surface area contributed by atoms with Gasteiger partial charge >= 0.3 is 0 Å². The predicted octanol–water partition coefficient (Wildman–Crippen LogP) is 4.13. The monoisotopic (exact) mass is 337 g/mol. The van der Waals surface area contributed by atoms with Crippen LogP contribution in [-0.2, 0) is 6.42 Å². The number of hydrogen-bond acceptors (Lipinski definition) is 4.